The molecular formula is C16H26N4O2. The molecule has 1 aromatic heterocycles. The number of hydrogen-bond acceptors (Lipinski definition) is 4. The van der Waals surface area contributed by atoms with E-state index in [0.29, 0.717) is 12.4 Å². The van der Waals surface area contributed by atoms with Crippen molar-refractivity contribution in [3.63, 3.8) is 0 Å². The predicted octanol–water partition coefficient (Wildman–Crippen LogP) is 2.54. The molecule has 1 aromatic rings. The molecule has 122 valence electrons. The van der Waals surface area contributed by atoms with Crippen molar-refractivity contribution in [2.45, 2.75) is 64.5 Å². The van der Waals surface area contributed by atoms with Crippen LogP contribution in [0.15, 0.2) is 12.1 Å². The van der Waals surface area contributed by atoms with E-state index < -0.39 is 5.60 Å². The van der Waals surface area contributed by atoms with Crippen LogP contribution in [0.1, 0.15) is 53.2 Å². The lowest BCUT2D eigenvalue weighted by molar-refractivity contribution is 0.0117. The van der Waals surface area contributed by atoms with E-state index in [0.717, 1.165) is 18.5 Å². The maximum atomic E-state index is 12.4. The average Bonchev–Trinajstić information content (AvgIpc) is 2.87. The first kappa shape index (κ1) is 16.7. The fourth-order valence-electron chi connectivity index (χ4n) is 2.72. The Labute approximate surface area is 131 Å². The molecule has 1 fully saturated rings. The molecule has 1 aliphatic rings. The number of nitrogens with one attached hydrogen (secondary N) is 1. The normalized spacial score (nSPS) is 19.4. The van der Waals surface area contributed by atoms with Gasteiger partial charge in [-0.05, 0) is 38.8 Å². The van der Waals surface area contributed by atoms with Crippen molar-refractivity contribution in [1.29, 1.82) is 0 Å². The summed E-state index contributed by atoms with van der Waals surface area (Å²) < 4.78 is 0. The fraction of sp³-hybridized carbons (Fsp3) is 0.688. The maximum absolute atomic E-state index is 12.4. The van der Waals surface area contributed by atoms with Gasteiger partial charge in [0, 0.05) is 12.0 Å². The molecule has 2 amide bonds. The minimum absolute atomic E-state index is 0.0729. The summed E-state index contributed by atoms with van der Waals surface area (Å²) in [5, 5.41) is 21.2. The van der Waals surface area contributed by atoms with Crippen LogP contribution < -0.4 is 5.32 Å². The van der Waals surface area contributed by atoms with Crippen molar-refractivity contribution < 1.29 is 9.90 Å². The van der Waals surface area contributed by atoms with Crippen LogP contribution in [0, 0.1) is 0 Å². The number of anilines is 1. The SMILES string of the molecule is CC(C)(C)c1ccc(NC(=O)N2CCCC2C(C)(C)O)nn1. The van der Waals surface area contributed by atoms with Crippen LogP contribution in [0.2, 0.25) is 0 Å². The number of aromatic nitrogens is 2. The summed E-state index contributed by atoms with van der Waals surface area (Å²) in [6.45, 7) is 10.3. The van der Waals surface area contributed by atoms with Gasteiger partial charge >= 0.3 is 6.03 Å². The molecule has 0 bridgehead atoms. The Morgan fingerprint density at radius 3 is 2.45 bits per heavy atom. The summed E-state index contributed by atoms with van der Waals surface area (Å²) in [4.78, 5) is 14.1. The summed E-state index contributed by atoms with van der Waals surface area (Å²) >= 11 is 0. The molecule has 0 aliphatic carbocycles. The van der Waals surface area contributed by atoms with Crippen LogP contribution in [0.3, 0.4) is 0 Å². The van der Waals surface area contributed by atoms with Crippen LogP contribution in [0.5, 0.6) is 0 Å². The third kappa shape index (κ3) is 3.74. The van der Waals surface area contributed by atoms with E-state index in [4.69, 9.17) is 0 Å². The zero-order valence-corrected chi connectivity index (χ0v) is 14.1. The van der Waals surface area contributed by atoms with E-state index in [9.17, 15) is 9.90 Å². The first-order valence-corrected chi connectivity index (χ1v) is 7.73. The lowest BCUT2D eigenvalue weighted by atomic mass is 9.92. The third-order valence-corrected chi connectivity index (χ3v) is 4.00. The highest BCUT2D eigenvalue weighted by Gasteiger charge is 2.38. The monoisotopic (exact) mass is 306 g/mol. The molecule has 1 aliphatic heterocycles. The van der Waals surface area contributed by atoms with Crippen LogP contribution in [0.25, 0.3) is 0 Å². The topological polar surface area (TPSA) is 78.4 Å². The van der Waals surface area contributed by atoms with Gasteiger partial charge in [0.15, 0.2) is 5.82 Å². The molecule has 0 aromatic carbocycles. The number of urea groups is 1. The van der Waals surface area contributed by atoms with E-state index in [1.165, 1.54) is 0 Å². The van der Waals surface area contributed by atoms with Gasteiger partial charge in [0.2, 0.25) is 0 Å². The molecule has 2 heterocycles. The molecule has 1 saturated heterocycles. The summed E-state index contributed by atoms with van der Waals surface area (Å²) in [5.41, 5.74) is -0.104. The second-order valence-electron chi connectivity index (χ2n) is 7.49. The lowest BCUT2D eigenvalue weighted by Gasteiger charge is -2.33. The zero-order chi connectivity index (χ0) is 16.5. The van der Waals surface area contributed by atoms with Crippen molar-refractivity contribution in [1.82, 2.24) is 15.1 Å². The smallest absolute Gasteiger partial charge is 0.323 e. The lowest BCUT2D eigenvalue weighted by Crippen LogP contribution is -2.49. The van der Waals surface area contributed by atoms with Crippen molar-refractivity contribution in [2.24, 2.45) is 0 Å². The minimum atomic E-state index is -0.907. The number of likely N-dealkylation sites (tertiary alicyclic amines) is 1. The molecule has 2 rings (SSSR count). The number of carbonyl (C=O) groups excluding carboxylic acids is 1. The van der Waals surface area contributed by atoms with Crippen molar-refractivity contribution in [3.05, 3.63) is 17.8 Å². The molecule has 0 saturated carbocycles. The highest BCUT2D eigenvalue weighted by Crippen LogP contribution is 2.27. The van der Waals surface area contributed by atoms with E-state index >= 15 is 0 Å². The number of aliphatic hydroxyl groups is 1. The Kier molecular flexibility index (Phi) is 4.42. The van der Waals surface area contributed by atoms with E-state index in [1.807, 2.05) is 6.07 Å². The zero-order valence-electron chi connectivity index (χ0n) is 14.1. The standard InChI is InChI=1S/C16H26N4O2/c1-15(2,3)11-8-9-13(19-18-11)17-14(21)20-10-6-7-12(20)16(4,5)22/h8-9,12,22H,6-7,10H2,1-5H3,(H,17,19,21). The molecule has 0 radical (unpaired) electrons. The van der Waals surface area contributed by atoms with Gasteiger partial charge in [-0.3, -0.25) is 5.32 Å². The predicted molar refractivity (Wildman–Crippen MR) is 85.8 cm³/mol. The van der Waals surface area contributed by atoms with Crippen molar-refractivity contribution in [3.8, 4) is 0 Å². The molecule has 0 spiro atoms. The molecule has 1 atom stereocenters. The Bertz CT molecular complexity index is 529. The van der Waals surface area contributed by atoms with Gasteiger partial charge in [-0.25, -0.2) is 4.79 Å². The van der Waals surface area contributed by atoms with Crippen LogP contribution in [0.4, 0.5) is 10.6 Å². The molecule has 22 heavy (non-hydrogen) atoms. The first-order valence-electron chi connectivity index (χ1n) is 7.73. The average molecular weight is 306 g/mol. The van der Waals surface area contributed by atoms with Crippen LogP contribution >= 0.6 is 0 Å². The number of rotatable bonds is 2. The van der Waals surface area contributed by atoms with E-state index in [1.54, 1.807) is 24.8 Å². The number of carbonyl (C=O) groups is 1. The molecule has 6 heteroatoms. The van der Waals surface area contributed by atoms with Gasteiger partial charge in [0.25, 0.3) is 0 Å². The number of amides is 2. The Morgan fingerprint density at radius 1 is 1.27 bits per heavy atom. The Hall–Kier alpha value is -1.69. The van der Waals surface area contributed by atoms with Gasteiger partial charge < -0.3 is 10.0 Å². The summed E-state index contributed by atoms with van der Waals surface area (Å²) in [6.07, 6.45) is 1.71. The molecule has 1 unspecified atom stereocenters. The van der Waals surface area contributed by atoms with Gasteiger partial charge in [-0.15, -0.1) is 5.10 Å². The van der Waals surface area contributed by atoms with Crippen LogP contribution in [-0.2, 0) is 5.41 Å². The number of hydrogen-bond donors (Lipinski definition) is 2. The Balaban J connectivity index is 2.06. The first-order chi connectivity index (χ1) is 10.1. The molecule has 6 nitrogen and oxygen atoms in total. The van der Waals surface area contributed by atoms with Gasteiger partial charge in [0.1, 0.15) is 0 Å². The highest BCUT2D eigenvalue weighted by atomic mass is 16.3. The van der Waals surface area contributed by atoms with Crippen LogP contribution in [-0.4, -0.2) is 44.4 Å². The van der Waals surface area contributed by atoms with E-state index in [2.05, 4.69) is 36.3 Å². The minimum Gasteiger partial charge on any atom is -0.388 e. The summed E-state index contributed by atoms with van der Waals surface area (Å²) in [5.74, 6) is 0.430. The quantitative estimate of drug-likeness (QED) is 0.880. The van der Waals surface area contributed by atoms with Crippen molar-refractivity contribution in [2.75, 3.05) is 11.9 Å². The molecular weight excluding hydrogens is 280 g/mol. The second kappa shape index (κ2) is 5.83. The second-order valence-corrected chi connectivity index (χ2v) is 7.49. The summed E-state index contributed by atoms with van der Waals surface area (Å²) in [7, 11) is 0. The number of nitrogens with zero attached hydrogens (tertiary/aromatic N) is 3. The van der Waals surface area contributed by atoms with E-state index in [-0.39, 0.29) is 17.5 Å². The maximum Gasteiger partial charge on any atom is 0.323 e. The fourth-order valence-corrected chi connectivity index (χ4v) is 2.72. The Morgan fingerprint density at radius 2 is 1.95 bits per heavy atom. The third-order valence-electron chi connectivity index (χ3n) is 4.00. The largest absolute Gasteiger partial charge is 0.388 e. The highest BCUT2D eigenvalue weighted by molar-refractivity contribution is 5.88. The van der Waals surface area contributed by atoms with Crippen molar-refractivity contribution >= 4 is 11.8 Å². The van der Waals surface area contributed by atoms with Gasteiger partial charge in [-0.2, -0.15) is 5.10 Å². The molecule has 2 N–H and O–H groups in total. The summed E-state index contributed by atoms with van der Waals surface area (Å²) in [6, 6.07) is 3.23. The van der Waals surface area contributed by atoms with Gasteiger partial charge in [-0.1, -0.05) is 20.8 Å². The van der Waals surface area contributed by atoms with Gasteiger partial charge in [0.05, 0.1) is 17.3 Å².